The van der Waals surface area contributed by atoms with Crippen molar-refractivity contribution in [2.24, 2.45) is 13.0 Å². The molecule has 33 heavy (non-hydrogen) atoms. The van der Waals surface area contributed by atoms with Crippen LogP contribution in [-0.2, 0) is 20.0 Å². The highest BCUT2D eigenvalue weighted by Crippen LogP contribution is 2.38. The molecule has 4 rings (SSSR count). The molecule has 1 aliphatic heterocycles. The SMILES string of the molecule is C=N.CC.CC(C#Cc1ccc2c(c1)c(-c1ccnn1C)c1n2CCC1)CS.CNCCO. The van der Waals surface area contributed by atoms with E-state index in [1.54, 1.807) is 7.05 Å². The van der Waals surface area contributed by atoms with Gasteiger partial charge in [0.25, 0.3) is 0 Å². The van der Waals surface area contributed by atoms with Gasteiger partial charge in [-0.25, -0.2) is 0 Å². The normalized spacial score (nSPS) is 12.1. The molecule has 0 aliphatic carbocycles. The summed E-state index contributed by atoms with van der Waals surface area (Å²) >= 11 is 4.31. The van der Waals surface area contributed by atoms with E-state index in [-0.39, 0.29) is 6.61 Å². The number of aliphatic hydroxyl groups excluding tert-OH is 1. The van der Waals surface area contributed by atoms with Crippen molar-refractivity contribution < 1.29 is 5.11 Å². The largest absolute Gasteiger partial charge is 0.395 e. The van der Waals surface area contributed by atoms with E-state index in [1.165, 1.54) is 34.3 Å². The third-order valence-electron chi connectivity index (χ3n) is 5.14. The van der Waals surface area contributed by atoms with Crippen LogP contribution >= 0.6 is 12.6 Å². The number of likely N-dealkylation sites (N-methyl/N-ethyl adjacent to an activating group) is 1. The lowest BCUT2D eigenvalue weighted by Crippen LogP contribution is -2.10. The Morgan fingerprint density at radius 1 is 1.30 bits per heavy atom. The second kappa shape index (κ2) is 15.3. The lowest BCUT2D eigenvalue weighted by atomic mass is 10.0. The van der Waals surface area contributed by atoms with Crippen molar-refractivity contribution in [1.29, 1.82) is 5.41 Å². The quantitative estimate of drug-likeness (QED) is 0.260. The first-order valence-corrected chi connectivity index (χ1v) is 12.1. The first kappa shape index (κ1) is 28.5. The molecule has 1 aromatic carbocycles. The van der Waals surface area contributed by atoms with Gasteiger partial charge in [0, 0.05) is 65.7 Å². The van der Waals surface area contributed by atoms with Crippen LogP contribution in [-0.4, -0.2) is 52.1 Å². The van der Waals surface area contributed by atoms with E-state index in [9.17, 15) is 0 Å². The Hall–Kier alpha value is -2.53. The molecule has 0 bridgehead atoms. The molecular weight excluding hydrogens is 430 g/mol. The van der Waals surface area contributed by atoms with E-state index in [1.807, 2.05) is 31.8 Å². The predicted octanol–water partition coefficient (Wildman–Crippen LogP) is 4.40. The summed E-state index contributed by atoms with van der Waals surface area (Å²) in [5.74, 6) is 7.68. The Labute approximate surface area is 204 Å². The van der Waals surface area contributed by atoms with E-state index in [0.29, 0.717) is 12.5 Å². The van der Waals surface area contributed by atoms with E-state index in [0.717, 1.165) is 24.3 Å². The van der Waals surface area contributed by atoms with Crippen molar-refractivity contribution in [3.8, 4) is 23.1 Å². The van der Waals surface area contributed by atoms with Gasteiger partial charge in [-0.3, -0.25) is 4.68 Å². The molecule has 2 aromatic heterocycles. The number of hydrogen-bond donors (Lipinski definition) is 4. The number of nitrogens with zero attached hydrogens (tertiary/aromatic N) is 3. The number of thiol groups is 1. The van der Waals surface area contributed by atoms with E-state index in [2.05, 4.69) is 77.4 Å². The summed E-state index contributed by atoms with van der Waals surface area (Å²) in [6.45, 7) is 10.6. The zero-order valence-electron chi connectivity index (χ0n) is 20.6. The molecular formula is C26H39N5OS. The molecule has 0 spiro atoms. The van der Waals surface area contributed by atoms with Crippen LogP contribution in [0.25, 0.3) is 22.2 Å². The van der Waals surface area contributed by atoms with Crippen LogP contribution in [0, 0.1) is 23.2 Å². The summed E-state index contributed by atoms with van der Waals surface area (Å²) in [7, 11) is 3.81. The van der Waals surface area contributed by atoms with E-state index >= 15 is 0 Å². The third kappa shape index (κ3) is 7.23. The molecule has 0 saturated carbocycles. The van der Waals surface area contributed by atoms with Gasteiger partial charge in [0.05, 0.1) is 12.3 Å². The summed E-state index contributed by atoms with van der Waals surface area (Å²) in [5.41, 5.74) is 6.33. The molecule has 3 heterocycles. The van der Waals surface area contributed by atoms with Gasteiger partial charge in [-0.2, -0.15) is 17.7 Å². The van der Waals surface area contributed by atoms with Gasteiger partial charge in [0.15, 0.2) is 0 Å². The fourth-order valence-electron chi connectivity index (χ4n) is 3.67. The number of rotatable bonds is 4. The summed E-state index contributed by atoms with van der Waals surface area (Å²) in [4.78, 5) is 0. The van der Waals surface area contributed by atoms with Crippen molar-refractivity contribution in [3.63, 3.8) is 0 Å². The molecule has 0 fully saturated rings. The Morgan fingerprint density at radius 3 is 2.58 bits per heavy atom. The smallest absolute Gasteiger partial charge is 0.0703 e. The van der Waals surface area contributed by atoms with Crippen LogP contribution in [0.2, 0.25) is 0 Å². The highest BCUT2D eigenvalue weighted by molar-refractivity contribution is 7.80. The van der Waals surface area contributed by atoms with Crippen LogP contribution in [0.15, 0.2) is 30.5 Å². The number of fused-ring (bicyclic) bond motifs is 3. The number of hydrogen-bond acceptors (Lipinski definition) is 5. The molecule has 3 N–H and O–H groups in total. The van der Waals surface area contributed by atoms with Gasteiger partial charge in [-0.15, -0.1) is 0 Å². The standard InChI is InChI=1S/C20H21N3S.C3H9NO.C2H6.CH3N/c1-14(13-24)5-6-15-7-8-17-16(12-15)20(18-9-10-21-22(18)2)19-4-3-11-23(17)19;1-4-2-3-5;2*1-2/h7-10,12,14,24H,3-4,11,13H2,1-2H3;4-5H,2-3H2,1H3;1-2H3;2H,1H2. The summed E-state index contributed by atoms with van der Waals surface area (Å²) in [5, 5.41) is 21.9. The van der Waals surface area contributed by atoms with Crippen LogP contribution in [0.3, 0.4) is 0 Å². The number of benzene rings is 1. The molecule has 1 aliphatic rings. The van der Waals surface area contributed by atoms with Crippen LogP contribution in [0.1, 0.15) is 38.4 Å². The van der Waals surface area contributed by atoms with Gasteiger partial charge in [-0.1, -0.05) is 32.6 Å². The first-order valence-electron chi connectivity index (χ1n) is 11.5. The molecule has 7 heteroatoms. The predicted molar refractivity (Wildman–Crippen MR) is 145 cm³/mol. The Balaban J connectivity index is 0.000000529. The zero-order valence-corrected chi connectivity index (χ0v) is 21.5. The maximum atomic E-state index is 8.00. The van der Waals surface area contributed by atoms with Gasteiger partial charge in [0.2, 0.25) is 0 Å². The van der Waals surface area contributed by atoms with Crippen molar-refractivity contribution in [2.75, 3.05) is 26.0 Å². The summed E-state index contributed by atoms with van der Waals surface area (Å²) < 4.78 is 4.43. The fraction of sp³-hybridized carbons (Fsp3) is 0.462. The first-order chi connectivity index (χ1) is 16.1. The lowest BCUT2D eigenvalue weighted by Gasteiger charge is -2.04. The molecule has 6 nitrogen and oxygen atoms in total. The average molecular weight is 470 g/mol. The highest BCUT2D eigenvalue weighted by atomic mass is 32.1. The van der Waals surface area contributed by atoms with Crippen molar-refractivity contribution >= 4 is 30.2 Å². The van der Waals surface area contributed by atoms with Gasteiger partial charge in [0.1, 0.15) is 0 Å². The molecule has 0 radical (unpaired) electrons. The van der Waals surface area contributed by atoms with E-state index in [4.69, 9.17) is 10.5 Å². The van der Waals surface area contributed by atoms with Crippen molar-refractivity contribution in [3.05, 3.63) is 41.7 Å². The minimum atomic E-state index is 0.233. The number of nitrogens with one attached hydrogen (secondary N) is 2. The topological polar surface area (TPSA) is 78.9 Å². The molecule has 180 valence electrons. The molecule has 0 saturated heterocycles. The Morgan fingerprint density at radius 2 is 2.03 bits per heavy atom. The minimum absolute atomic E-state index is 0.233. The van der Waals surface area contributed by atoms with Gasteiger partial charge < -0.3 is 20.4 Å². The average Bonchev–Trinajstić information content (AvgIpc) is 3.57. The van der Waals surface area contributed by atoms with Crippen molar-refractivity contribution in [1.82, 2.24) is 19.7 Å². The monoisotopic (exact) mass is 469 g/mol. The fourth-order valence-corrected chi connectivity index (χ4v) is 3.77. The molecule has 1 unspecified atom stereocenters. The molecule has 1 atom stereocenters. The molecule has 3 aromatic rings. The second-order valence-corrected chi connectivity index (χ2v) is 7.69. The maximum absolute atomic E-state index is 8.00. The summed E-state index contributed by atoms with van der Waals surface area (Å²) in [6, 6.07) is 8.70. The molecule has 0 amide bonds. The minimum Gasteiger partial charge on any atom is -0.395 e. The highest BCUT2D eigenvalue weighted by Gasteiger charge is 2.23. The summed E-state index contributed by atoms with van der Waals surface area (Å²) in [6.07, 6.45) is 4.22. The lowest BCUT2D eigenvalue weighted by molar-refractivity contribution is 0.296. The van der Waals surface area contributed by atoms with Crippen LogP contribution < -0.4 is 5.32 Å². The van der Waals surface area contributed by atoms with Gasteiger partial charge >= 0.3 is 0 Å². The van der Waals surface area contributed by atoms with Crippen LogP contribution in [0.4, 0.5) is 0 Å². The van der Waals surface area contributed by atoms with Gasteiger partial charge in [-0.05, 0) is 50.9 Å². The van der Waals surface area contributed by atoms with Crippen LogP contribution in [0.5, 0.6) is 0 Å². The van der Waals surface area contributed by atoms with Crippen molar-refractivity contribution in [2.45, 2.75) is 40.2 Å². The number of aliphatic hydroxyl groups is 1. The number of aryl methyl sites for hydroxylation is 2. The third-order valence-corrected chi connectivity index (χ3v) is 5.69. The van der Waals surface area contributed by atoms with E-state index < -0.39 is 0 Å². The second-order valence-electron chi connectivity index (χ2n) is 7.33. The Bertz CT molecular complexity index is 1040. The number of aromatic nitrogens is 3. The zero-order chi connectivity index (χ0) is 24.8. The maximum Gasteiger partial charge on any atom is 0.0703 e. The Kier molecular flexibility index (Phi) is 13.2.